The highest BCUT2D eigenvalue weighted by atomic mass is 35.5. The molecule has 0 bridgehead atoms. The van der Waals surface area contributed by atoms with E-state index >= 15 is 0 Å². The van der Waals surface area contributed by atoms with Gasteiger partial charge in [0.05, 0.1) is 11.6 Å². The summed E-state index contributed by atoms with van der Waals surface area (Å²) in [6, 6.07) is 3.78. The predicted octanol–water partition coefficient (Wildman–Crippen LogP) is 2.37. The van der Waals surface area contributed by atoms with Gasteiger partial charge >= 0.3 is 0 Å². The lowest BCUT2D eigenvalue weighted by molar-refractivity contribution is -0.126. The van der Waals surface area contributed by atoms with E-state index < -0.39 is 5.54 Å². The maximum absolute atomic E-state index is 12.1. The van der Waals surface area contributed by atoms with Gasteiger partial charge in [0.1, 0.15) is 0 Å². The minimum atomic E-state index is -0.656. The molecule has 1 aliphatic carbocycles. The molecule has 1 aromatic rings. The highest BCUT2D eigenvalue weighted by molar-refractivity contribution is 5.86. The summed E-state index contributed by atoms with van der Waals surface area (Å²) in [4.78, 5) is 16.1. The van der Waals surface area contributed by atoms with E-state index in [0.717, 1.165) is 31.2 Å². The van der Waals surface area contributed by atoms with Crippen molar-refractivity contribution in [3.63, 3.8) is 0 Å². The van der Waals surface area contributed by atoms with Crippen LogP contribution in [0.3, 0.4) is 0 Å². The fourth-order valence-corrected chi connectivity index (χ4v) is 2.29. The summed E-state index contributed by atoms with van der Waals surface area (Å²) < 4.78 is 0. The zero-order valence-electron chi connectivity index (χ0n) is 11.0. The summed E-state index contributed by atoms with van der Waals surface area (Å²) >= 11 is 0. The van der Waals surface area contributed by atoms with Crippen LogP contribution in [0.4, 0.5) is 0 Å². The van der Waals surface area contributed by atoms with E-state index in [1.165, 1.54) is 0 Å². The normalized spacial score (nSPS) is 17.8. The van der Waals surface area contributed by atoms with E-state index in [-0.39, 0.29) is 36.8 Å². The van der Waals surface area contributed by atoms with E-state index in [2.05, 4.69) is 10.3 Å². The van der Waals surface area contributed by atoms with Crippen molar-refractivity contribution in [2.24, 2.45) is 5.73 Å². The Labute approximate surface area is 126 Å². The largest absolute Gasteiger partial charge is 0.348 e. The summed E-state index contributed by atoms with van der Waals surface area (Å²) in [5.41, 5.74) is 6.45. The zero-order valence-corrected chi connectivity index (χ0v) is 12.6. The number of pyridine rings is 1. The molecule has 1 aliphatic rings. The first-order valence-electron chi connectivity index (χ1n) is 6.12. The molecule has 0 spiro atoms. The van der Waals surface area contributed by atoms with Crippen LogP contribution in [0.2, 0.25) is 0 Å². The Balaban J connectivity index is 0.00000162. The number of nitrogens with one attached hydrogen (secondary N) is 1. The van der Waals surface area contributed by atoms with Crippen LogP contribution >= 0.6 is 24.8 Å². The van der Waals surface area contributed by atoms with Crippen LogP contribution < -0.4 is 11.1 Å². The fraction of sp³-hybridized carbons (Fsp3) is 0.538. The molecule has 1 amide bonds. The number of carbonyl (C=O) groups is 1. The molecule has 0 aromatic carbocycles. The SMILES string of the molecule is C[C@H](NC(=O)C1(N)CCCC1)c1cccnc1.Cl.Cl. The molecule has 0 radical (unpaired) electrons. The van der Waals surface area contributed by atoms with Crippen molar-refractivity contribution in [1.82, 2.24) is 10.3 Å². The molecule has 6 heteroatoms. The molecular weight excluding hydrogens is 285 g/mol. The van der Waals surface area contributed by atoms with Crippen molar-refractivity contribution >= 4 is 30.7 Å². The first-order valence-corrected chi connectivity index (χ1v) is 6.12. The molecule has 4 nitrogen and oxygen atoms in total. The number of nitrogens with two attached hydrogens (primary N) is 1. The molecule has 0 unspecified atom stereocenters. The van der Waals surface area contributed by atoms with Gasteiger partial charge in [0.25, 0.3) is 0 Å². The van der Waals surface area contributed by atoms with Crippen LogP contribution in [-0.4, -0.2) is 16.4 Å². The van der Waals surface area contributed by atoms with Crippen molar-refractivity contribution in [1.29, 1.82) is 0 Å². The number of hydrogen-bond donors (Lipinski definition) is 2. The summed E-state index contributed by atoms with van der Waals surface area (Å²) in [7, 11) is 0. The second kappa shape index (κ2) is 7.68. The highest BCUT2D eigenvalue weighted by Crippen LogP contribution is 2.28. The van der Waals surface area contributed by atoms with Crippen LogP contribution in [0.5, 0.6) is 0 Å². The van der Waals surface area contributed by atoms with Crippen LogP contribution in [0.1, 0.15) is 44.2 Å². The summed E-state index contributed by atoms with van der Waals surface area (Å²) in [6.45, 7) is 1.95. The van der Waals surface area contributed by atoms with Gasteiger partial charge in [-0.1, -0.05) is 18.9 Å². The van der Waals surface area contributed by atoms with Crippen molar-refractivity contribution < 1.29 is 4.79 Å². The molecule has 1 aromatic heterocycles. The second-order valence-electron chi connectivity index (χ2n) is 4.84. The number of amides is 1. The van der Waals surface area contributed by atoms with Gasteiger partial charge in [0, 0.05) is 12.4 Å². The lowest BCUT2D eigenvalue weighted by Gasteiger charge is -2.25. The number of halogens is 2. The molecule has 1 heterocycles. The Hall–Kier alpha value is -0.840. The van der Waals surface area contributed by atoms with Gasteiger partial charge in [-0.2, -0.15) is 0 Å². The van der Waals surface area contributed by atoms with Gasteiger partial charge in [-0.05, 0) is 31.4 Å². The third-order valence-electron chi connectivity index (χ3n) is 3.48. The molecular formula is C13H21Cl2N3O. The average molecular weight is 306 g/mol. The van der Waals surface area contributed by atoms with Crippen LogP contribution in [0, 0.1) is 0 Å². The Bertz CT molecular complexity index is 394. The summed E-state index contributed by atoms with van der Waals surface area (Å²) in [5, 5.41) is 2.97. The van der Waals surface area contributed by atoms with E-state index in [1.807, 2.05) is 19.1 Å². The molecule has 1 atom stereocenters. The number of carbonyl (C=O) groups excluding carboxylic acids is 1. The van der Waals surface area contributed by atoms with Crippen molar-refractivity contribution in [2.45, 2.75) is 44.2 Å². The standard InChI is InChI=1S/C13H19N3O.2ClH/c1-10(11-5-4-8-15-9-11)16-12(17)13(14)6-2-3-7-13;;/h4-5,8-10H,2-3,6-7,14H2,1H3,(H,16,17);2*1H/t10-;;/m0../s1. The van der Waals surface area contributed by atoms with Crippen LogP contribution in [0.25, 0.3) is 0 Å². The first kappa shape index (κ1) is 18.2. The first-order chi connectivity index (χ1) is 8.12. The highest BCUT2D eigenvalue weighted by Gasteiger charge is 2.37. The molecule has 0 saturated heterocycles. The van der Waals surface area contributed by atoms with Crippen LogP contribution in [-0.2, 0) is 4.79 Å². The molecule has 3 N–H and O–H groups in total. The number of nitrogens with zero attached hydrogens (tertiary/aromatic N) is 1. The second-order valence-corrected chi connectivity index (χ2v) is 4.84. The monoisotopic (exact) mass is 305 g/mol. The maximum atomic E-state index is 12.1. The van der Waals surface area contributed by atoms with E-state index in [1.54, 1.807) is 12.4 Å². The van der Waals surface area contributed by atoms with Gasteiger partial charge in [-0.3, -0.25) is 9.78 Å². The topological polar surface area (TPSA) is 68.0 Å². The van der Waals surface area contributed by atoms with Gasteiger partial charge in [-0.25, -0.2) is 0 Å². The summed E-state index contributed by atoms with van der Waals surface area (Å²) in [5.74, 6) is -0.0358. The predicted molar refractivity (Wildman–Crippen MR) is 80.7 cm³/mol. The van der Waals surface area contributed by atoms with Gasteiger partial charge in [-0.15, -0.1) is 24.8 Å². The number of rotatable bonds is 3. The Morgan fingerprint density at radius 1 is 1.42 bits per heavy atom. The minimum Gasteiger partial charge on any atom is -0.348 e. The number of aromatic nitrogens is 1. The average Bonchev–Trinajstić information content (AvgIpc) is 2.78. The van der Waals surface area contributed by atoms with Gasteiger partial charge in [0.2, 0.25) is 5.91 Å². The smallest absolute Gasteiger partial charge is 0.240 e. The lowest BCUT2D eigenvalue weighted by Crippen LogP contribution is -2.52. The quantitative estimate of drug-likeness (QED) is 0.901. The maximum Gasteiger partial charge on any atom is 0.240 e. The molecule has 108 valence electrons. The summed E-state index contributed by atoms with van der Waals surface area (Å²) in [6.07, 6.45) is 7.16. The van der Waals surface area contributed by atoms with E-state index in [0.29, 0.717) is 0 Å². The fourth-order valence-electron chi connectivity index (χ4n) is 2.29. The lowest BCUT2D eigenvalue weighted by atomic mass is 9.97. The number of hydrogen-bond acceptors (Lipinski definition) is 3. The third-order valence-corrected chi connectivity index (χ3v) is 3.48. The Kier molecular flexibility index (Phi) is 7.34. The zero-order chi connectivity index (χ0) is 12.3. The third kappa shape index (κ3) is 4.34. The molecule has 0 aliphatic heterocycles. The Morgan fingerprint density at radius 2 is 2.05 bits per heavy atom. The molecule has 1 fully saturated rings. The molecule has 19 heavy (non-hydrogen) atoms. The molecule has 1 saturated carbocycles. The van der Waals surface area contributed by atoms with E-state index in [9.17, 15) is 4.79 Å². The van der Waals surface area contributed by atoms with Crippen molar-refractivity contribution in [3.05, 3.63) is 30.1 Å². The van der Waals surface area contributed by atoms with Crippen LogP contribution in [0.15, 0.2) is 24.5 Å². The Morgan fingerprint density at radius 3 is 2.58 bits per heavy atom. The van der Waals surface area contributed by atoms with Crippen molar-refractivity contribution in [2.75, 3.05) is 0 Å². The van der Waals surface area contributed by atoms with E-state index in [4.69, 9.17) is 5.73 Å². The minimum absolute atomic E-state index is 0. The molecule has 2 rings (SSSR count). The van der Waals surface area contributed by atoms with Gasteiger partial charge in [0.15, 0.2) is 0 Å². The van der Waals surface area contributed by atoms with Crippen molar-refractivity contribution in [3.8, 4) is 0 Å². The van der Waals surface area contributed by atoms with Gasteiger partial charge < -0.3 is 11.1 Å².